The van der Waals surface area contributed by atoms with Gasteiger partial charge < -0.3 is 14.8 Å². The molecule has 2 aromatic rings. The van der Waals surface area contributed by atoms with Crippen molar-refractivity contribution < 1.29 is 27.4 Å². The van der Waals surface area contributed by atoms with Crippen LogP contribution in [0.2, 0.25) is 0 Å². The highest BCUT2D eigenvalue weighted by atomic mass is 19.4. The summed E-state index contributed by atoms with van der Waals surface area (Å²) in [6.07, 6.45) is -4.58. The zero-order valence-electron chi connectivity index (χ0n) is 14.0. The Morgan fingerprint density at radius 2 is 1.96 bits per heavy atom. The van der Waals surface area contributed by atoms with Gasteiger partial charge in [0.25, 0.3) is 11.5 Å². The minimum absolute atomic E-state index is 0.0680. The number of carbonyl (C=O) groups is 1. The number of nitrogens with zero attached hydrogens (tertiary/aromatic N) is 2. The minimum Gasteiger partial charge on any atom is -0.380 e. The maximum atomic E-state index is 12.9. The summed E-state index contributed by atoms with van der Waals surface area (Å²) in [5.41, 5.74) is -1.69. The lowest BCUT2D eigenvalue weighted by molar-refractivity contribution is -0.137. The van der Waals surface area contributed by atoms with Crippen molar-refractivity contribution in [2.24, 2.45) is 0 Å². The Hall–Kier alpha value is -2.72. The third-order valence-electron chi connectivity index (χ3n) is 3.32. The summed E-state index contributed by atoms with van der Waals surface area (Å²) >= 11 is 0. The molecule has 1 aromatic heterocycles. The lowest BCUT2D eigenvalue weighted by Crippen LogP contribution is -2.32. The normalized spacial score (nSPS) is 11.4. The predicted octanol–water partition coefficient (Wildman–Crippen LogP) is 1.73. The molecule has 0 fully saturated rings. The molecule has 10 heteroatoms. The van der Waals surface area contributed by atoms with E-state index in [0.29, 0.717) is 0 Å². The number of methoxy groups -OCH3 is 2. The van der Waals surface area contributed by atoms with Crippen LogP contribution in [0, 0.1) is 0 Å². The van der Waals surface area contributed by atoms with Gasteiger partial charge in [-0.15, -0.1) is 0 Å². The molecule has 0 aliphatic heterocycles. The van der Waals surface area contributed by atoms with Gasteiger partial charge in [-0.3, -0.25) is 9.59 Å². The topological polar surface area (TPSA) is 82.5 Å². The number of benzene rings is 1. The van der Waals surface area contributed by atoms with E-state index in [2.05, 4.69) is 10.4 Å². The molecule has 0 saturated carbocycles. The Labute approximate surface area is 146 Å². The van der Waals surface area contributed by atoms with Crippen molar-refractivity contribution in [3.63, 3.8) is 0 Å². The highest BCUT2D eigenvalue weighted by Crippen LogP contribution is 2.30. The molecule has 1 aromatic carbocycles. The lowest BCUT2D eigenvalue weighted by atomic mass is 10.2. The molecule has 1 amide bonds. The van der Waals surface area contributed by atoms with Gasteiger partial charge in [0.15, 0.2) is 5.69 Å². The highest BCUT2D eigenvalue weighted by Gasteiger charge is 2.30. The number of aromatic nitrogens is 2. The van der Waals surface area contributed by atoms with E-state index in [1.54, 1.807) is 0 Å². The third kappa shape index (κ3) is 4.46. The van der Waals surface area contributed by atoms with Gasteiger partial charge in [0.1, 0.15) is 6.73 Å². The first kappa shape index (κ1) is 19.6. The number of amides is 1. The van der Waals surface area contributed by atoms with Gasteiger partial charge in [0, 0.05) is 25.8 Å². The number of hydrogen-bond acceptors (Lipinski definition) is 5. The Morgan fingerprint density at radius 1 is 1.23 bits per heavy atom. The van der Waals surface area contributed by atoms with Crippen LogP contribution in [0.4, 0.5) is 13.2 Å². The standard InChI is InChI=1S/C16H16F3N3O4/c1-25-8-10-6-13(23)22(21-14(10)15(24)20-9-26-2)12-5-3-4-11(7-12)16(17,18)19/h3-7H,8-9H2,1-2H3,(H,20,24). The van der Waals surface area contributed by atoms with Crippen molar-refractivity contribution >= 4 is 5.91 Å². The van der Waals surface area contributed by atoms with Crippen LogP contribution in [0.3, 0.4) is 0 Å². The molecule has 1 heterocycles. The molecule has 140 valence electrons. The zero-order chi connectivity index (χ0) is 19.3. The van der Waals surface area contributed by atoms with E-state index in [1.807, 2.05) is 0 Å². The van der Waals surface area contributed by atoms with Crippen LogP contribution < -0.4 is 10.9 Å². The van der Waals surface area contributed by atoms with Crippen LogP contribution in [0.25, 0.3) is 5.69 Å². The van der Waals surface area contributed by atoms with Crippen LogP contribution in [0.15, 0.2) is 35.1 Å². The SMILES string of the molecule is COCNC(=O)c1nn(-c2cccc(C(F)(F)F)c2)c(=O)cc1COC. The second-order valence-corrected chi connectivity index (χ2v) is 5.19. The summed E-state index contributed by atoms with van der Waals surface area (Å²) in [6.45, 7) is -0.170. The fourth-order valence-corrected chi connectivity index (χ4v) is 2.17. The van der Waals surface area contributed by atoms with E-state index in [-0.39, 0.29) is 30.3 Å². The second-order valence-electron chi connectivity index (χ2n) is 5.19. The molecule has 0 bridgehead atoms. The van der Waals surface area contributed by atoms with Crippen LogP contribution >= 0.6 is 0 Å². The van der Waals surface area contributed by atoms with Crippen LogP contribution in [0.1, 0.15) is 21.6 Å². The van der Waals surface area contributed by atoms with E-state index in [9.17, 15) is 22.8 Å². The van der Waals surface area contributed by atoms with Crippen molar-refractivity contribution in [2.45, 2.75) is 12.8 Å². The number of nitrogens with one attached hydrogen (secondary N) is 1. The fraction of sp³-hybridized carbons (Fsp3) is 0.312. The summed E-state index contributed by atoms with van der Waals surface area (Å²) in [7, 11) is 2.74. The smallest absolute Gasteiger partial charge is 0.380 e. The Bertz CT molecular complexity index is 849. The lowest BCUT2D eigenvalue weighted by Gasteiger charge is -2.13. The number of halogens is 3. The van der Waals surface area contributed by atoms with Gasteiger partial charge in [-0.1, -0.05) is 6.07 Å². The van der Waals surface area contributed by atoms with Gasteiger partial charge in [0.2, 0.25) is 0 Å². The van der Waals surface area contributed by atoms with Crippen LogP contribution in [0.5, 0.6) is 0 Å². The minimum atomic E-state index is -4.58. The van der Waals surface area contributed by atoms with Crippen molar-refractivity contribution in [1.82, 2.24) is 15.1 Å². The first-order chi connectivity index (χ1) is 12.3. The maximum Gasteiger partial charge on any atom is 0.416 e. The average Bonchev–Trinajstić information content (AvgIpc) is 2.59. The van der Waals surface area contributed by atoms with E-state index in [4.69, 9.17) is 9.47 Å². The number of ether oxygens (including phenoxy) is 2. The molecule has 0 aliphatic carbocycles. The highest BCUT2D eigenvalue weighted by molar-refractivity contribution is 5.93. The third-order valence-corrected chi connectivity index (χ3v) is 3.32. The largest absolute Gasteiger partial charge is 0.416 e. The van der Waals surface area contributed by atoms with Crippen molar-refractivity contribution in [1.29, 1.82) is 0 Å². The summed E-state index contributed by atoms with van der Waals surface area (Å²) in [5.74, 6) is -0.653. The summed E-state index contributed by atoms with van der Waals surface area (Å²) < 4.78 is 49.1. The molecular formula is C16H16F3N3O4. The van der Waals surface area contributed by atoms with Gasteiger partial charge in [0.05, 0.1) is 17.9 Å². The molecular weight excluding hydrogens is 355 g/mol. The summed E-state index contributed by atoms with van der Waals surface area (Å²) in [6, 6.07) is 5.19. The second kappa shape index (κ2) is 8.11. The predicted molar refractivity (Wildman–Crippen MR) is 84.9 cm³/mol. The van der Waals surface area contributed by atoms with Crippen LogP contribution in [-0.2, 0) is 22.3 Å². The molecule has 0 saturated heterocycles. The average molecular weight is 371 g/mol. The Kier molecular flexibility index (Phi) is 6.11. The van der Waals surface area contributed by atoms with Crippen molar-refractivity contribution in [3.05, 3.63) is 57.5 Å². The number of alkyl halides is 3. The van der Waals surface area contributed by atoms with Crippen molar-refractivity contribution in [2.75, 3.05) is 21.0 Å². The fourth-order valence-electron chi connectivity index (χ4n) is 2.17. The number of carbonyl (C=O) groups excluding carboxylic acids is 1. The van der Waals surface area contributed by atoms with Gasteiger partial charge in [-0.05, 0) is 18.2 Å². The van der Waals surface area contributed by atoms with E-state index >= 15 is 0 Å². The van der Waals surface area contributed by atoms with Gasteiger partial charge in [-0.25, -0.2) is 0 Å². The van der Waals surface area contributed by atoms with E-state index < -0.39 is 23.2 Å². The Balaban J connectivity index is 2.56. The summed E-state index contributed by atoms with van der Waals surface area (Å²) in [5, 5.41) is 6.33. The van der Waals surface area contributed by atoms with E-state index in [1.165, 1.54) is 20.3 Å². The molecule has 0 spiro atoms. The molecule has 0 unspecified atom stereocenters. The quantitative estimate of drug-likeness (QED) is 0.782. The molecule has 0 aliphatic rings. The molecule has 1 N–H and O–H groups in total. The molecule has 0 atom stereocenters. The van der Waals surface area contributed by atoms with E-state index in [0.717, 1.165) is 28.9 Å². The van der Waals surface area contributed by atoms with Crippen LogP contribution in [-0.4, -0.2) is 36.6 Å². The van der Waals surface area contributed by atoms with Gasteiger partial charge in [-0.2, -0.15) is 23.0 Å². The molecule has 7 nitrogen and oxygen atoms in total. The number of rotatable bonds is 6. The summed E-state index contributed by atoms with van der Waals surface area (Å²) in [4.78, 5) is 24.5. The maximum absolute atomic E-state index is 12.9. The van der Waals surface area contributed by atoms with Crippen molar-refractivity contribution in [3.8, 4) is 5.69 Å². The molecule has 2 rings (SSSR count). The molecule has 26 heavy (non-hydrogen) atoms. The Morgan fingerprint density at radius 3 is 2.58 bits per heavy atom. The number of hydrogen-bond donors (Lipinski definition) is 1. The molecule has 0 radical (unpaired) electrons. The first-order valence-corrected chi connectivity index (χ1v) is 7.35. The first-order valence-electron chi connectivity index (χ1n) is 7.35. The zero-order valence-corrected chi connectivity index (χ0v) is 14.0. The van der Waals surface area contributed by atoms with Gasteiger partial charge >= 0.3 is 6.18 Å². The monoisotopic (exact) mass is 371 g/mol.